The van der Waals surface area contributed by atoms with Crippen molar-refractivity contribution in [1.82, 2.24) is 9.88 Å². The Morgan fingerprint density at radius 3 is 2.55 bits per heavy atom. The number of carboxylic acids is 1. The number of aromatic nitrogens is 1. The van der Waals surface area contributed by atoms with Crippen molar-refractivity contribution in [2.75, 3.05) is 13.1 Å². The summed E-state index contributed by atoms with van der Waals surface area (Å²) in [5.41, 5.74) is 0.871. The molecule has 0 unspecified atom stereocenters. The van der Waals surface area contributed by atoms with Gasteiger partial charge in [0, 0.05) is 30.9 Å². The highest BCUT2D eigenvalue weighted by Gasteiger charge is 2.20. The van der Waals surface area contributed by atoms with Gasteiger partial charge in [0.05, 0.1) is 0 Å². The van der Waals surface area contributed by atoms with Crippen LogP contribution in [0.25, 0.3) is 6.08 Å². The van der Waals surface area contributed by atoms with Crippen LogP contribution in [-0.2, 0) is 4.79 Å². The molecule has 1 saturated heterocycles. The van der Waals surface area contributed by atoms with Crippen molar-refractivity contribution in [2.45, 2.75) is 25.7 Å². The number of hydrogen-bond acceptors (Lipinski definition) is 3. The quantitative estimate of drug-likeness (QED) is 0.858. The Hall–Kier alpha value is -2.17. The van der Waals surface area contributed by atoms with Crippen molar-refractivity contribution < 1.29 is 14.7 Å². The Morgan fingerprint density at radius 2 is 1.90 bits per heavy atom. The van der Waals surface area contributed by atoms with Crippen molar-refractivity contribution in [2.24, 2.45) is 0 Å². The molecular formula is C15H18N2O3. The Kier molecular flexibility index (Phi) is 4.87. The Morgan fingerprint density at radius 1 is 1.20 bits per heavy atom. The molecule has 0 aliphatic carbocycles. The number of pyridine rings is 1. The zero-order chi connectivity index (χ0) is 14.4. The van der Waals surface area contributed by atoms with Crippen molar-refractivity contribution in [3.8, 4) is 0 Å². The Labute approximate surface area is 117 Å². The van der Waals surface area contributed by atoms with E-state index in [0.717, 1.165) is 44.8 Å². The molecule has 20 heavy (non-hydrogen) atoms. The highest BCUT2D eigenvalue weighted by molar-refractivity contribution is 5.97. The van der Waals surface area contributed by atoms with E-state index in [2.05, 4.69) is 4.98 Å². The summed E-state index contributed by atoms with van der Waals surface area (Å²) in [5, 5.41) is 8.69. The van der Waals surface area contributed by atoms with Crippen LogP contribution in [0.4, 0.5) is 0 Å². The Balaban J connectivity index is 2.22. The molecule has 1 aromatic rings. The van der Waals surface area contributed by atoms with Gasteiger partial charge < -0.3 is 10.0 Å². The third-order valence-electron chi connectivity index (χ3n) is 3.34. The highest BCUT2D eigenvalue weighted by atomic mass is 16.4. The van der Waals surface area contributed by atoms with E-state index in [4.69, 9.17) is 5.11 Å². The minimum absolute atomic E-state index is 0.113. The number of carboxylic acid groups (broad SMARTS) is 1. The molecule has 0 radical (unpaired) electrons. The first-order chi connectivity index (χ1) is 9.68. The summed E-state index contributed by atoms with van der Waals surface area (Å²) in [7, 11) is 0. The molecule has 2 rings (SSSR count). The second kappa shape index (κ2) is 6.84. The average Bonchev–Trinajstić information content (AvgIpc) is 2.73. The Bertz CT molecular complexity index is 518. The van der Waals surface area contributed by atoms with Gasteiger partial charge >= 0.3 is 5.97 Å². The third-order valence-corrected chi connectivity index (χ3v) is 3.34. The summed E-state index contributed by atoms with van der Waals surface area (Å²) in [6.07, 6.45) is 8.33. The molecule has 2 heterocycles. The number of likely N-dealkylation sites (tertiary alicyclic amines) is 1. The van der Waals surface area contributed by atoms with Crippen LogP contribution in [0.1, 0.15) is 41.7 Å². The van der Waals surface area contributed by atoms with E-state index in [1.807, 2.05) is 4.90 Å². The topological polar surface area (TPSA) is 70.5 Å². The lowest BCUT2D eigenvalue weighted by Gasteiger charge is -2.20. The molecule has 0 atom stereocenters. The molecule has 5 nitrogen and oxygen atoms in total. The summed E-state index contributed by atoms with van der Waals surface area (Å²) in [6.45, 7) is 1.50. The molecule has 1 amide bonds. The largest absolute Gasteiger partial charge is 0.478 e. The van der Waals surface area contributed by atoms with Gasteiger partial charge in [-0.3, -0.25) is 9.78 Å². The van der Waals surface area contributed by atoms with Crippen molar-refractivity contribution in [1.29, 1.82) is 0 Å². The first kappa shape index (κ1) is 14.2. The molecule has 0 saturated carbocycles. The standard InChI is InChI=1S/C15H18N2O3/c18-13(19)8-7-12-6-5-9-16-14(12)15(20)17-10-3-1-2-4-11-17/h5-9H,1-4,10-11H2,(H,18,19)/b8-7+. The molecule has 5 heteroatoms. The number of amides is 1. The van der Waals surface area contributed by atoms with E-state index in [1.165, 1.54) is 6.08 Å². The van der Waals surface area contributed by atoms with Gasteiger partial charge in [-0.1, -0.05) is 18.9 Å². The van der Waals surface area contributed by atoms with Crippen LogP contribution in [0.5, 0.6) is 0 Å². The van der Waals surface area contributed by atoms with Gasteiger partial charge in [-0.25, -0.2) is 4.79 Å². The van der Waals surface area contributed by atoms with Crippen molar-refractivity contribution in [3.05, 3.63) is 35.7 Å². The van der Waals surface area contributed by atoms with E-state index in [0.29, 0.717) is 11.3 Å². The molecule has 1 fully saturated rings. The van der Waals surface area contributed by atoms with E-state index >= 15 is 0 Å². The SMILES string of the molecule is O=C(O)/C=C/c1cccnc1C(=O)N1CCCCCC1. The van der Waals surface area contributed by atoms with Crippen LogP contribution in [-0.4, -0.2) is 40.0 Å². The van der Waals surface area contributed by atoms with E-state index < -0.39 is 5.97 Å². The monoisotopic (exact) mass is 274 g/mol. The van der Waals surface area contributed by atoms with Crippen LogP contribution >= 0.6 is 0 Å². The number of carbonyl (C=O) groups is 2. The predicted octanol–water partition coefficient (Wildman–Crippen LogP) is 2.20. The van der Waals surface area contributed by atoms with Crippen LogP contribution in [0.15, 0.2) is 24.4 Å². The van der Waals surface area contributed by atoms with Crippen LogP contribution < -0.4 is 0 Å². The van der Waals surface area contributed by atoms with Crippen LogP contribution in [0.3, 0.4) is 0 Å². The average molecular weight is 274 g/mol. The fraction of sp³-hybridized carbons (Fsp3) is 0.400. The maximum Gasteiger partial charge on any atom is 0.328 e. The summed E-state index contributed by atoms with van der Waals surface area (Å²) in [4.78, 5) is 29.0. The van der Waals surface area contributed by atoms with Gasteiger partial charge in [-0.2, -0.15) is 0 Å². The summed E-state index contributed by atoms with van der Waals surface area (Å²) < 4.78 is 0. The maximum absolute atomic E-state index is 12.5. The molecule has 1 aromatic heterocycles. The van der Waals surface area contributed by atoms with Gasteiger partial charge in [-0.05, 0) is 25.0 Å². The van der Waals surface area contributed by atoms with Crippen LogP contribution in [0, 0.1) is 0 Å². The molecule has 106 valence electrons. The normalized spacial score (nSPS) is 16.1. The zero-order valence-electron chi connectivity index (χ0n) is 11.3. The van der Waals surface area contributed by atoms with Crippen LogP contribution in [0.2, 0.25) is 0 Å². The summed E-state index contributed by atoms with van der Waals surface area (Å²) in [6, 6.07) is 3.40. The molecule has 1 N–H and O–H groups in total. The second-order valence-electron chi connectivity index (χ2n) is 4.82. The molecule has 1 aliphatic heterocycles. The smallest absolute Gasteiger partial charge is 0.328 e. The third kappa shape index (κ3) is 3.66. The van der Waals surface area contributed by atoms with E-state index in [1.54, 1.807) is 18.3 Å². The fourth-order valence-corrected chi connectivity index (χ4v) is 2.32. The van der Waals surface area contributed by atoms with Crippen molar-refractivity contribution in [3.63, 3.8) is 0 Å². The summed E-state index contributed by atoms with van der Waals surface area (Å²) >= 11 is 0. The van der Waals surface area contributed by atoms with E-state index in [-0.39, 0.29) is 5.91 Å². The van der Waals surface area contributed by atoms with Gasteiger partial charge in [0.2, 0.25) is 0 Å². The number of nitrogens with zero attached hydrogens (tertiary/aromatic N) is 2. The zero-order valence-corrected chi connectivity index (χ0v) is 11.3. The number of rotatable bonds is 3. The minimum Gasteiger partial charge on any atom is -0.478 e. The molecule has 1 aliphatic rings. The first-order valence-corrected chi connectivity index (χ1v) is 6.84. The molecular weight excluding hydrogens is 256 g/mol. The second-order valence-corrected chi connectivity index (χ2v) is 4.82. The van der Waals surface area contributed by atoms with Gasteiger partial charge in [-0.15, -0.1) is 0 Å². The van der Waals surface area contributed by atoms with Crippen molar-refractivity contribution >= 4 is 18.0 Å². The lowest BCUT2D eigenvalue weighted by molar-refractivity contribution is -0.131. The van der Waals surface area contributed by atoms with Gasteiger partial charge in [0.25, 0.3) is 5.91 Å². The summed E-state index contributed by atoms with van der Waals surface area (Å²) in [5.74, 6) is -1.15. The molecule has 0 spiro atoms. The fourth-order valence-electron chi connectivity index (χ4n) is 2.32. The molecule has 0 bridgehead atoms. The lowest BCUT2D eigenvalue weighted by Crippen LogP contribution is -2.32. The maximum atomic E-state index is 12.5. The lowest BCUT2D eigenvalue weighted by atomic mass is 10.1. The van der Waals surface area contributed by atoms with Gasteiger partial charge in [0.15, 0.2) is 0 Å². The number of hydrogen-bond donors (Lipinski definition) is 1. The first-order valence-electron chi connectivity index (χ1n) is 6.84. The van der Waals surface area contributed by atoms with Gasteiger partial charge in [0.1, 0.15) is 5.69 Å². The number of aliphatic carboxylic acids is 1. The predicted molar refractivity (Wildman–Crippen MR) is 75.3 cm³/mol. The minimum atomic E-state index is -1.04. The molecule has 0 aromatic carbocycles. The highest BCUT2D eigenvalue weighted by Crippen LogP contribution is 2.15. The number of carbonyl (C=O) groups excluding carboxylic acids is 1. The van der Waals surface area contributed by atoms with E-state index in [9.17, 15) is 9.59 Å².